The number of pyridine rings is 1. The standard InChI is InChI=1S/C15H26N4/c1-13(2)5-4-8-18-9-11-19(12-10-18)15-14(16)6-3-7-17-15/h3,6-7,13H,4-5,8-12,16H2,1-2H3. The normalized spacial score (nSPS) is 17.1. The van der Waals surface area contributed by atoms with Gasteiger partial charge < -0.3 is 10.6 Å². The highest BCUT2D eigenvalue weighted by Crippen LogP contribution is 2.20. The highest BCUT2D eigenvalue weighted by Gasteiger charge is 2.18. The van der Waals surface area contributed by atoms with Gasteiger partial charge in [-0.15, -0.1) is 0 Å². The van der Waals surface area contributed by atoms with Gasteiger partial charge in [-0.2, -0.15) is 0 Å². The molecule has 0 aliphatic carbocycles. The van der Waals surface area contributed by atoms with Gasteiger partial charge in [0.05, 0.1) is 5.69 Å². The summed E-state index contributed by atoms with van der Waals surface area (Å²) < 4.78 is 0. The van der Waals surface area contributed by atoms with Gasteiger partial charge in [0.2, 0.25) is 0 Å². The molecule has 0 amide bonds. The molecule has 1 aliphatic rings. The van der Waals surface area contributed by atoms with Crippen molar-refractivity contribution in [2.75, 3.05) is 43.4 Å². The largest absolute Gasteiger partial charge is 0.396 e. The number of hydrogen-bond acceptors (Lipinski definition) is 4. The van der Waals surface area contributed by atoms with Crippen LogP contribution >= 0.6 is 0 Å². The summed E-state index contributed by atoms with van der Waals surface area (Å²) in [7, 11) is 0. The lowest BCUT2D eigenvalue weighted by Gasteiger charge is -2.35. The fraction of sp³-hybridized carbons (Fsp3) is 0.667. The molecule has 2 N–H and O–H groups in total. The van der Waals surface area contributed by atoms with Crippen LogP contribution in [0.1, 0.15) is 26.7 Å². The van der Waals surface area contributed by atoms with E-state index in [1.54, 1.807) is 0 Å². The highest BCUT2D eigenvalue weighted by molar-refractivity contribution is 5.62. The molecule has 106 valence electrons. The van der Waals surface area contributed by atoms with Gasteiger partial charge in [0.15, 0.2) is 5.82 Å². The monoisotopic (exact) mass is 262 g/mol. The Hall–Kier alpha value is -1.29. The lowest BCUT2D eigenvalue weighted by molar-refractivity contribution is 0.248. The summed E-state index contributed by atoms with van der Waals surface area (Å²) in [6.45, 7) is 10.1. The van der Waals surface area contributed by atoms with Gasteiger partial charge in [0, 0.05) is 32.4 Å². The third kappa shape index (κ3) is 4.10. The Morgan fingerprint density at radius 1 is 1.26 bits per heavy atom. The maximum atomic E-state index is 5.98. The smallest absolute Gasteiger partial charge is 0.151 e. The van der Waals surface area contributed by atoms with E-state index in [0.717, 1.165) is 43.6 Å². The van der Waals surface area contributed by atoms with Crippen molar-refractivity contribution in [2.45, 2.75) is 26.7 Å². The molecule has 2 heterocycles. The zero-order valence-electron chi connectivity index (χ0n) is 12.2. The van der Waals surface area contributed by atoms with Crippen LogP contribution in [-0.4, -0.2) is 42.6 Å². The molecule has 4 heteroatoms. The molecule has 1 aromatic rings. The summed E-state index contributed by atoms with van der Waals surface area (Å²) >= 11 is 0. The topological polar surface area (TPSA) is 45.4 Å². The minimum atomic E-state index is 0.788. The third-order valence-electron chi connectivity index (χ3n) is 3.74. The van der Waals surface area contributed by atoms with Gasteiger partial charge in [-0.25, -0.2) is 4.98 Å². The fourth-order valence-corrected chi connectivity index (χ4v) is 2.58. The third-order valence-corrected chi connectivity index (χ3v) is 3.74. The molecule has 0 unspecified atom stereocenters. The molecule has 0 radical (unpaired) electrons. The SMILES string of the molecule is CC(C)CCCN1CCN(c2ncccc2N)CC1. The quantitative estimate of drug-likeness (QED) is 0.884. The van der Waals surface area contributed by atoms with E-state index in [-0.39, 0.29) is 0 Å². The fourth-order valence-electron chi connectivity index (χ4n) is 2.58. The molecule has 0 atom stereocenters. The van der Waals surface area contributed by atoms with Crippen LogP contribution in [-0.2, 0) is 0 Å². The second-order valence-corrected chi connectivity index (χ2v) is 5.78. The molecule has 1 fully saturated rings. The zero-order valence-corrected chi connectivity index (χ0v) is 12.2. The second-order valence-electron chi connectivity index (χ2n) is 5.78. The van der Waals surface area contributed by atoms with Crippen molar-refractivity contribution >= 4 is 11.5 Å². The van der Waals surface area contributed by atoms with Crippen LogP contribution in [0.4, 0.5) is 11.5 Å². The van der Waals surface area contributed by atoms with E-state index < -0.39 is 0 Å². The first-order chi connectivity index (χ1) is 9.16. The molecule has 1 aromatic heterocycles. The summed E-state index contributed by atoms with van der Waals surface area (Å²) in [5.41, 5.74) is 6.77. The average molecular weight is 262 g/mol. The lowest BCUT2D eigenvalue weighted by atomic mass is 10.1. The molecular weight excluding hydrogens is 236 g/mol. The van der Waals surface area contributed by atoms with Gasteiger partial charge in [-0.05, 0) is 37.4 Å². The summed E-state index contributed by atoms with van der Waals surface area (Å²) in [6, 6.07) is 3.82. The molecule has 1 aliphatic heterocycles. The minimum absolute atomic E-state index is 0.788. The Bertz CT molecular complexity index is 383. The van der Waals surface area contributed by atoms with E-state index in [4.69, 9.17) is 5.73 Å². The molecule has 2 rings (SSSR count). The summed E-state index contributed by atoms with van der Waals surface area (Å²) in [5, 5.41) is 0. The Kier molecular flexibility index (Phi) is 5.02. The second kappa shape index (κ2) is 6.75. The van der Waals surface area contributed by atoms with Crippen molar-refractivity contribution in [3.8, 4) is 0 Å². The number of anilines is 2. The van der Waals surface area contributed by atoms with Crippen LogP contribution in [0.5, 0.6) is 0 Å². The van der Waals surface area contributed by atoms with Crippen molar-refractivity contribution in [3.63, 3.8) is 0 Å². The van der Waals surface area contributed by atoms with Crippen LogP contribution < -0.4 is 10.6 Å². The van der Waals surface area contributed by atoms with Crippen LogP contribution in [0.2, 0.25) is 0 Å². The van der Waals surface area contributed by atoms with E-state index in [1.165, 1.54) is 19.4 Å². The van der Waals surface area contributed by atoms with E-state index in [1.807, 2.05) is 18.3 Å². The first kappa shape index (κ1) is 14.1. The van der Waals surface area contributed by atoms with E-state index >= 15 is 0 Å². The molecule has 0 bridgehead atoms. The highest BCUT2D eigenvalue weighted by atomic mass is 15.3. The van der Waals surface area contributed by atoms with Crippen molar-refractivity contribution in [3.05, 3.63) is 18.3 Å². The molecule has 4 nitrogen and oxygen atoms in total. The van der Waals surface area contributed by atoms with Gasteiger partial charge in [0.25, 0.3) is 0 Å². The maximum absolute atomic E-state index is 5.98. The van der Waals surface area contributed by atoms with Crippen LogP contribution in [0.3, 0.4) is 0 Å². The molecule has 19 heavy (non-hydrogen) atoms. The van der Waals surface area contributed by atoms with Crippen molar-refractivity contribution in [2.24, 2.45) is 5.92 Å². The minimum Gasteiger partial charge on any atom is -0.396 e. The number of nitrogen functional groups attached to an aromatic ring is 1. The number of hydrogen-bond donors (Lipinski definition) is 1. The molecule has 1 saturated heterocycles. The average Bonchev–Trinajstić information content (AvgIpc) is 2.40. The predicted molar refractivity (Wildman–Crippen MR) is 81.4 cm³/mol. The number of nitrogens with zero attached hydrogens (tertiary/aromatic N) is 3. The first-order valence-electron chi connectivity index (χ1n) is 7.34. The van der Waals surface area contributed by atoms with Gasteiger partial charge in [0.1, 0.15) is 0 Å². The molecule has 0 saturated carbocycles. The zero-order chi connectivity index (χ0) is 13.7. The van der Waals surface area contributed by atoms with Crippen molar-refractivity contribution in [1.29, 1.82) is 0 Å². The summed E-state index contributed by atoms with van der Waals surface area (Å²) in [6.07, 6.45) is 4.46. The van der Waals surface area contributed by atoms with Gasteiger partial charge in [-0.3, -0.25) is 4.90 Å². The van der Waals surface area contributed by atoms with Crippen molar-refractivity contribution < 1.29 is 0 Å². The first-order valence-corrected chi connectivity index (χ1v) is 7.34. The molecule has 0 spiro atoms. The van der Waals surface area contributed by atoms with E-state index in [9.17, 15) is 0 Å². The summed E-state index contributed by atoms with van der Waals surface area (Å²) in [5.74, 6) is 1.76. The number of aromatic nitrogens is 1. The van der Waals surface area contributed by atoms with E-state index in [2.05, 4.69) is 28.6 Å². The number of nitrogens with two attached hydrogens (primary N) is 1. The number of piperazine rings is 1. The molecular formula is C15H26N4. The predicted octanol–water partition coefficient (Wildman–Crippen LogP) is 2.22. The lowest BCUT2D eigenvalue weighted by Crippen LogP contribution is -2.47. The number of rotatable bonds is 5. The molecule has 0 aromatic carbocycles. The maximum Gasteiger partial charge on any atom is 0.151 e. The van der Waals surface area contributed by atoms with Crippen LogP contribution in [0, 0.1) is 5.92 Å². The summed E-state index contributed by atoms with van der Waals surface area (Å²) in [4.78, 5) is 9.25. The Labute approximate surface area is 116 Å². The van der Waals surface area contributed by atoms with Crippen LogP contribution in [0.15, 0.2) is 18.3 Å². The van der Waals surface area contributed by atoms with Crippen molar-refractivity contribution in [1.82, 2.24) is 9.88 Å². The Balaban J connectivity index is 1.78. The van der Waals surface area contributed by atoms with Gasteiger partial charge >= 0.3 is 0 Å². The Morgan fingerprint density at radius 2 is 2.00 bits per heavy atom. The van der Waals surface area contributed by atoms with Crippen LogP contribution in [0.25, 0.3) is 0 Å². The van der Waals surface area contributed by atoms with Gasteiger partial charge in [-0.1, -0.05) is 13.8 Å². The Morgan fingerprint density at radius 3 is 2.63 bits per heavy atom. The van der Waals surface area contributed by atoms with E-state index in [0.29, 0.717) is 0 Å².